The molecule has 1 atom stereocenters. The fraction of sp³-hybridized carbons (Fsp3) is 0.529. The van der Waals surface area contributed by atoms with Gasteiger partial charge in [-0.3, -0.25) is 9.59 Å². The minimum Gasteiger partial charge on any atom is -0.341 e. The standard InChI is InChI=1S/C17H21F3N2O2/c1-11(2)14(16(24)22-9-3-4-10-22)21-15(23)12-5-7-13(8-6-12)17(18,19)20/h5-8,11,14H,3-4,9-10H2,1-2H3,(H,21,23)/t14-/m0/s1. The molecule has 0 aliphatic carbocycles. The average Bonchev–Trinajstić information content (AvgIpc) is 3.05. The highest BCUT2D eigenvalue weighted by atomic mass is 19.4. The zero-order chi connectivity index (χ0) is 17.9. The SMILES string of the molecule is CC(C)[C@H](NC(=O)c1ccc(C(F)(F)F)cc1)C(=O)N1CCCC1. The topological polar surface area (TPSA) is 49.4 Å². The van der Waals surface area contributed by atoms with Crippen LogP contribution in [0.2, 0.25) is 0 Å². The van der Waals surface area contributed by atoms with Gasteiger partial charge in [0.2, 0.25) is 5.91 Å². The van der Waals surface area contributed by atoms with Gasteiger partial charge in [0.15, 0.2) is 0 Å². The quantitative estimate of drug-likeness (QED) is 0.914. The van der Waals surface area contributed by atoms with E-state index in [1.165, 1.54) is 0 Å². The molecule has 7 heteroatoms. The molecule has 1 aliphatic rings. The number of nitrogens with zero attached hydrogens (tertiary/aromatic N) is 1. The number of carbonyl (C=O) groups excluding carboxylic acids is 2. The smallest absolute Gasteiger partial charge is 0.341 e. The predicted molar refractivity (Wildman–Crippen MR) is 83.4 cm³/mol. The first-order valence-corrected chi connectivity index (χ1v) is 7.97. The lowest BCUT2D eigenvalue weighted by Crippen LogP contribution is -2.50. The molecule has 0 radical (unpaired) electrons. The van der Waals surface area contributed by atoms with Crippen molar-refractivity contribution in [2.45, 2.75) is 38.9 Å². The Morgan fingerprint density at radius 1 is 1.08 bits per heavy atom. The minimum atomic E-state index is -4.44. The van der Waals surface area contributed by atoms with Gasteiger partial charge in [-0.15, -0.1) is 0 Å². The van der Waals surface area contributed by atoms with E-state index in [0.717, 1.165) is 37.1 Å². The summed E-state index contributed by atoms with van der Waals surface area (Å²) in [6, 6.07) is 3.28. The molecule has 0 unspecified atom stereocenters. The summed E-state index contributed by atoms with van der Waals surface area (Å²) in [6.07, 6.45) is -2.55. The predicted octanol–water partition coefficient (Wildman–Crippen LogP) is 3.08. The number of benzene rings is 1. The van der Waals surface area contributed by atoms with E-state index < -0.39 is 23.7 Å². The molecule has 0 aromatic heterocycles. The van der Waals surface area contributed by atoms with Crippen LogP contribution in [0.4, 0.5) is 13.2 Å². The number of hydrogen-bond acceptors (Lipinski definition) is 2. The molecule has 0 spiro atoms. The van der Waals surface area contributed by atoms with Crippen molar-refractivity contribution in [1.29, 1.82) is 0 Å². The molecule has 1 heterocycles. The van der Waals surface area contributed by atoms with Crippen molar-refractivity contribution in [3.63, 3.8) is 0 Å². The number of halogens is 3. The summed E-state index contributed by atoms with van der Waals surface area (Å²) in [5.74, 6) is -0.797. The highest BCUT2D eigenvalue weighted by Gasteiger charge is 2.32. The van der Waals surface area contributed by atoms with Gasteiger partial charge < -0.3 is 10.2 Å². The molecular formula is C17H21F3N2O2. The molecule has 2 rings (SSSR count). The lowest BCUT2D eigenvalue weighted by atomic mass is 10.0. The number of amides is 2. The zero-order valence-electron chi connectivity index (χ0n) is 13.7. The third-order valence-electron chi connectivity index (χ3n) is 4.11. The Labute approximate surface area is 139 Å². The largest absolute Gasteiger partial charge is 0.416 e. The molecule has 24 heavy (non-hydrogen) atoms. The van der Waals surface area contributed by atoms with Crippen LogP contribution in [0.3, 0.4) is 0 Å². The Hall–Kier alpha value is -2.05. The summed E-state index contributed by atoms with van der Waals surface area (Å²) >= 11 is 0. The minimum absolute atomic E-state index is 0.0999. The molecule has 1 saturated heterocycles. The fourth-order valence-corrected chi connectivity index (χ4v) is 2.68. The second kappa shape index (κ2) is 7.23. The van der Waals surface area contributed by atoms with Crippen LogP contribution >= 0.6 is 0 Å². The number of alkyl halides is 3. The van der Waals surface area contributed by atoms with E-state index >= 15 is 0 Å². The van der Waals surface area contributed by atoms with Gasteiger partial charge in [-0.1, -0.05) is 13.8 Å². The van der Waals surface area contributed by atoms with Crippen LogP contribution in [-0.2, 0) is 11.0 Å². The van der Waals surface area contributed by atoms with Crippen molar-refractivity contribution in [1.82, 2.24) is 10.2 Å². The summed E-state index contributed by atoms with van der Waals surface area (Å²) in [6.45, 7) is 5.01. The van der Waals surface area contributed by atoms with Crippen molar-refractivity contribution < 1.29 is 22.8 Å². The van der Waals surface area contributed by atoms with E-state index in [1.54, 1.807) is 4.90 Å². The summed E-state index contributed by atoms with van der Waals surface area (Å²) in [5.41, 5.74) is -0.713. The van der Waals surface area contributed by atoms with Gasteiger partial charge >= 0.3 is 6.18 Å². The number of hydrogen-bond donors (Lipinski definition) is 1. The lowest BCUT2D eigenvalue weighted by Gasteiger charge is -2.26. The number of rotatable bonds is 4. The summed E-state index contributed by atoms with van der Waals surface area (Å²) in [5, 5.41) is 2.66. The zero-order valence-corrected chi connectivity index (χ0v) is 13.7. The van der Waals surface area contributed by atoms with E-state index in [4.69, 9.17) is 0 Å². The Kier molecular flexibility index (Phi) is 5.51. The van der Waals surface area contributed by atoms with Gasteiger partial charge in [0, 0.05) is 18.7 Å². The van der Waals surface area contributed by atoms with Crippen LogP contribution in [-0.4, -0.2) is 35.8 Å². The van der Waals surface area contributed by atoms with Crippen molar-refractivity contribution in [2.75, 3.05) is 13.1 Å². The fourth-order valence-electron chi connectivity index (χ4n) is 2.68. The highest BCUT2D eigenvalue weighted by molar-refractivity contribution is 5.97. The third kappa shape index (κ3) is 4.27. The highest BCUT2D eigenvalue weighted by Crippen LogP contribution is 2.29. The van der Waals surface area contributed by atoms with Crippen LogP contribution < -0.4 is 5.32 Å². The van der Waals surface area contributed by atoms with Gasteiger partial charge in [-0.05, 0) is 43.0 Å². The Bertz CT molecular complexity index is 591. The third-order valence-corrected chi connectivity index (χ3v) is 4.11. The second-order valence-electron chi connectivity index (χ2n) is 6.30. The molecule has 2 amide bonds. The van der Waals surface area contributed by atoms with Crippen LogP contribution in [0.5, 0.6) is 0 Å². The van der Waals surface area contributed by atoms with Crippen molar-refractivity contribution in [3.05, 3.63) is 35.4 Å². The van der Waals surface area contributed by atoms with Crippen LogP contribution in [0.25, 0.3) is 0 Å². The molecule has 1 fully saturated rings. The first-order valence-electron chi connectivity index (χ1n) is 7.97. The molecular weight excluding hydrogens is 321 g/mol. The summed E-state index contributed by atoms with van der Waals surface area (Å²) in [7, 11) is 0. The van der Waals surface area contributed by atoms with Gasteiger partial charge in [0.1, 0.15) is 6.04 Å². The van der Waals surface area contributed by atoms with Crippen LogP contribution in [0.15, 0.2) is 24.3 Å². The molecule has 4 nitrogen and oxygen atoms in total. The lowest BCUT2D eigenvalue weighted by molar-refractivity contribution is -0.137. The van der Waals surface area contributed by atoms with Crippen LogP contribution in [0, 0.1) is 5.92 Å². The summed E-state index contributed by atoms with van der Waals surface area (Å²) in [4.78, 5) is 26.5. The first kappa shape index (κ1) is 18.3. The van der Waals surface area contributed by atoms with E-state index in [1.807, 2.05) is 13.8 Å². The molecule has 1 N–H and O–H groups in total. The average molecular weight is 342 g/mol. The number of carbonyl (C=O) groups is 2. The second-order valence-corrected chi connectivity index (χ2v) is 6.30. The van der Waals surface area contributed by atoms with Gasteiger partial charge in [0.25, 0.3) is 5.91 Å². The van der Waals surface area contributed by atoms with E-state index in [9.17, 15) is 22.8 Å². The van der Waals surface area contributed by atoms with E-state index in [-0.39, 0.29) is 17.4 Å². The maximum absolute atomic E-state index is 12.6. The molecule has 0 bridgehead atoms. The van der Waals surface area contributed by atoms with Crippen molar-refractivity contribution in [3.8, 4) is 0 Å². The Morgan fingerprint density at radius 3 is 2.08 bits per heavy atom. The number of nitrogens with one attached hydrogen (secondary N) is 1. The molecule has 1 aromatic rings. The van der Waals surface area contributed by atoms with Gasteiger partial charge in [0.05, 0.1) is 5.56 Å². The first-order chi connectivity index (χ1) is 11.2. The van der Waals surface area contributed by atoms with Crippen molar-refractivity contribution in [2.24, 2.45) is 5.92 Å². The Balaban J connectivity index is 2.08. The molecule has 1 aromatic carbocycles. The maximum Gasteiger partial charge on any atom is 0.416 e. The van der Waals surface area contributed by atoms with E-state index in [2.05, 4.69) is 5.32 Å². The molecule has 0 saturated carbocycles. The molecule has 132 valence electrons. The van der Waals surface area contributed by atoms with Gasteiger partial charge in [-0.25, -0.2) is 0 Å². The normalized spacial score (nSPS) is 16.3. The van der Waals surface area contributed by atoms with Gasteiger partial charge in [-0.2, -0.15) is 13.2 Å². The van der Waals surface area contributed by atoms with Crippen LogP contribution in [0.1, 0.15) is 42.6 Å². The van der Waals surface area contributed by atoms with Crippen molar-refractivity contribution >= 4 is 11.8 Å². The number of likely N-dealkylation sites (tertiary alicyclic amines) is 1. The Morgan fingerprint density at radius 2 is 1.62 bits per heavy atom. The van der Waals surface area contributed by atoms with E-state index in [0.29, 0.717) is 13.1 Å². The summed E-state index contributed by atoms with van der Waals surface area (Å²) < 4.78 is 37.7. The maximum atomic E-state index is 12.6. The monoisotopic (exact) mass is 342 g/mol. The molecule has 1 aliphatic heterocycles.